The quantitative estimate of drug-likeness (QED) is 0.816. The zero-order valence-corrected chi connectivity index (χ0v) is 15.5. The van der Waals surface area contributed by atoms with Gasteiger partial charge in [-0.15, -0.1) is 0 Å². The fourth-order valence-electron chi connectivity index (χ4n) is 3.72. The first-order valence-electron chi connectivity index (χ1n) is 9.16. The van der Waals surface area contributed by atoms with Gasteiger partial charge in [0.25, 0.3) is 5.91 Å². The van der Waals surface area contributed by atoms with Gasteiger partial charge in [0.2, 0.25) is 5.91 Å². The second-order valence-corrected chi connectivity index (χ2v) is 7.26. The Morgan fingerprint density at radius 3 is 2.24 bits per heavy atom. The van der Waals surface area contributed by atoms with Crippen molar-refractivity contribution in [2.24, 2.45) is 0 Å². The van der Waals surface area contributed by atoms with Gasteiger partial charge in [0.15, 0.2) is 0 Å². The predicted molar refractivity (Wildman–Crippen MR) is 96.6 cm³/mol. The van der Waals surface area contributed by atoms with Crippen molar-refractivity contribution in [2.45, 2.75) is 32.6 Å². The lowest BCUT2D eigenvalue weighted by atomic mass is 9.89. The lowest BCUT2D eigenvalue weighted by molar-refractivity contribution is -0.129. The normalized spacial score (nSPS) is 20.0. The summed E-state index contributed by atoms with van der Waals surface area (Å²) < 4.78 is 0. The topological polar surface area (TPSA) is 56.8 Å². The van der Waals surface area contributed by atoms with Gasteiger partial charge in [-0.05, 0) is 38.9 Å². The van der Waals surface area contributed by atoms with Gasteiger partial charge in [-0.1, -0.05) is 0 Å². The van der Waals surface area contributed by atoms with Gasteiger partial charge in [-0.3, -0.25) is 14.6 Å². The molecule has 25 heavy (non-hydrogen) atoms. The molecule has 6 nitrogen and oxygen atoms in total. The summed E-state index contributed by atoms with van der Waals surface area (Å²) in [5, 5.41) is 0. The highest BCUT2D eigenvalue weighted by atomic mass is 16.2. The molecule has 0 N–H and O–H groups in total. The Hall–Kier alpha value is -1.95. The number of piperazine rings is 1. The van der Waals surface area contributed by atoms with E-state index in [1.807, 2.05) is 28.9 Å². The molecule has 0 saturated carbocycles. The van der Waals surface area contributed by atoms with Crippen LogP contribution in [0.2, 0.25) is 0 Å². The molecule has 0 bridgehead atoms. The maximum Gasteiger partial charge on any atom is 0.255 e. The van der Waals surface area contributed by atoms with Gasteiger partial charge in [0.1, 0.15) is 0 Å². The number of carbonyl (C=O) groups is 2. The maximum atomic E-state index is 13.1. The van der Waals surface area contributed by atoms with Crippen LogP contribution < -0.4 is 0 Å². The van der Waals surface area contributed by atoms with Crippen LogP contribution in [0.5, 0.6) is 0 Å². The van der Waals surface area contributed by atoms with E-state index in [1.54, 1.807) is 6.92 Å². The van der Waals surface area contributed by atoms with Crippen molar-refractivity contribution < 1.29 is 9.59 Å². The van der Waals surface area contributed by atoms with Crippen LogP contribution in [-0.2, 0) is 4.79 Å². The van der Waals surface area contributed by atoms with E-state index in [2.05, 4.69) is 11.9 Å². The molecule has 3 rings (SSSR count). The standard InChI is InChI=1S/C19H28N4O2/c1-14-4-5-17(19(25)23-12-10-21(3)11-13-23)18(20-14)16-6-8-22(9-7-16)15(2)24/h4-5,16H,6-13H2,1-3H3. The minimum absolute atomic E-state index is 0.101. The molecule has 2 aliphatic rings. The second kappa shape index (κ2) is 7.52. The van der Waals surface area contributed by atoms with E-state index in [1.165, 1.54) is 0 Å². The Kier molecular flexibility index (Phi) is 5.37. The molecule has 6 heteroatoms. The molecule has 0 atom stereocenters. The number of hydrogen-bond donors (Lipinski definition) is 0. The van der Waals surface area contributed by atoms with Gasteiger partial charge >= 0.3 is 0 Å². The Balaban J connectivity index is 1.79. The summed E-state index contributed by atoms with van der Waals surface area (Å²) in [6.45, 7) is 8.45. The largest absolute Gasteiger partial charge is 0.343 e. The lowest BCUT2D eigenvalue weighted by Crippen LogP contribution is -2.47. The molecule has 136 valence electrons. The average Bonchev–Trinajstić information content (AvgIpc) is 2.62. The predicted octanol–water partition coefficient (Wildman–Crippen LogP) is 1.50. The molecular formula is C19H28N4O2. The summed E-state index contributed by atoms with van der Waals surface area (Å²) in [5.41, 5.74) is 2.61. The number of likely N-dealkylation sites (tertiary alicyclic amines) is 1. The number of carbonyl (C=O) groups excluding carboxylic acids is 2. The van der Waals surface area contributed by atoms with Crippen LogP contribution in [-0.4, -0.2) is 77.8 Å². The van der Waals surface area contributed by atoms with Gasteiger partial charge in [-0.2, -0.15) is 0 Å². The van der Waals surface area contributed by atoms with Gasteiger partial charge in [-0.25, -0.2) is 0 Å². The molecular weight excluding hydrogens is 316 g/mol. The van der Waals surface area contributed by atoms with E-state index < -0.39 is 0 Å². The molecule has 1 aromatic heterocycles. The fraction of sp³-hybridized carbons (Fsp3) is 0.632. The minimum Gasteiger partial charge on any atom is -0.343 e. The number of likely N-dealkylation sites (N-methyl/N-ethyl adjacent to an activating group) is 1. The molecule has 0 radical (unpaired) electrons. The summed E-state index contributed by atoms with van der Waals surface area (Å²) >= 11 is 0. The number of pyridine rings is 1. The minimum atomic E-state index is 0.101. The number of aromatic nitrogens is 1. The highest BCUT2D eigenvalue weighted by Gasteiger charge is 2.29. The van der Waals surface area contributed by atoms with Crippen molar-refractivity contribution in [1.29, 1.82) is 0 Å². The van der Waals surface area contributed by atoms with E-state index >= 15 is 0 Å². The van der Waals surface area contributed by atoms with Gasteiger partial charge in [0, 0.05) is 57.8 Å². The Bertz CT molecular complexity index is 645. The average molecular weight is 344 g/mol. The number of piperidine rings is 1. The Labute approximate surface area is 149 Å². The van der Waals surface area contributed by atoms with Crippen LogP contribution in [0.3, 0.4) is 0 Å². The van der Waals surface area contributed by atoms with Crippen LogP contribution in [0.15, 0.2) is 12.1 Å². The number of hydrogen-bond acceptors (Lipinski definition) is 4. The molecule has 0 aromatic carbocycles. The zero-order chi connectivity index (χ0) is 18.0. The summed E-state index contributed by atoms with van der Waals surface area (Å²) in [5.74, 6) is 0.482. The van der Waals surface area contributed by atoms with Crippen LogP contribution in [0.4, 0.5) is 0 Å². The van der Waals surface area contributed by atoms with E-state index in [0.29, 0.717) is 0 Å². The molecule has 2 saturated heterocycles. The summed E-state index contributed by atoms with van der Waals surface area (Å²) in [6.07, 6.45) is 1.75. The SMILES string of the molecule is CC(=O)N1CCC(c2nc(C)ccc2C(=O)N2CCN(C)CC2)CC1. The highest BCUT2D eigenvalue weighted by molar-refractivity contribution is 5.95. The maximum absolute atomic E-state index is 13.1. The summed E-state index contributed by atoms with van der Waals surface area (Å²) in [4.78, 5) is 35.4. The Morgan fingerprint density at radius 1 is 1.00 bits per heavy atom. The monoisotopic (exact) mass is 344 g/mol. The number of nitrogens with zero attached hydrogens (tertiary/aromatic N) is 4. The molecule has 1 aromatic rings. The first kappa shape index (κ1) is 17.9. The van der Waals surface area contributed by atoms with Crippen LogP contribution in [0.25, 0.3) is 0 Å². The molecule has 0 aliphatic carbocycles. The number of amides is 2. The Morgan fingerprint density at radius 2 is 1.64 bits per heavy atom. The van der Waals surface area contributed by atoms with Gasteiger partial charge in [0.05, 0.1) is 11.3 Å². The van der Waals surface area contributed by atoms with Crippen molar-refractivity contribution in [3.05, 3.63) is 29.1 Å². The third kappa shape index (κ3) is 4.00. The molecule has 0 unspecified atom stereocenters. The third-order valence-corrected chi connectivity index (χ3v) is 5.41. The lowest BCUT2D eigenvalue weighted by Gasteiger charge is -2.34. The summed E-state index contributed by atoms with van der Waals surface area (Å²) in [7, 11) is 2.09. The van der Waals surface area contributed by atoms with Crippen molar-refractivity contribution in [3.63, 3.8) is 0 Å². The van der Waals surface area contributed by atoms with Crippen LogP contribution in [0, 0.1) is 6.92 Å². The third-order valence-electron chi connectivity index (χ3n) is 5.41. The first-order chi connectivity index (χ1) is 12.0. The molecule has 2 amide bonds. The highest BCUT2D eigenvalue weighted by Crippen LogP contribution is 2.30. The summed E-state index contributed by atoms with van der Waals surface area (Å²) in [6, 6.07) is 3.87. The van der Waals surface area contributed by atoms with Gasteiger partial charge < -0.3 is 14.7 Å². The second-order valence-electron chi connectivity index (χ2n) is 7.26. The molecule has 3 heterocycles. The van der Waals surface area contributed by atoms with Crippen molar-refractivity contribution in [1.82, 2.24) is 19.7 Å². The number of aryl methyl sites for hydroxylation is 1. The smallest absolute Gasteiger partial charge is 0.255 e. The van der Waals surface area contributed by atoms with Crippen LogP contribution in [0.1, 0.15) is 47.4 Å². The zero-order valence-electron chi connectivity index (χ0n) is 15.5. The van der Waals surface area contributed by atoms with E-state index in [0.717, 1.165) is 69.1 Å². The van der Waals surface area contributed by atoms with E-state index in [4.69, 9.17) is 4.98 Å². The van der Waals surface area contributed by atoms with Crippen molar-refractivity contribution in [3.8, 4) is 0 Å². The van der Waals surface area contributed by atoms with Crippen LogP contribution >= 0.6 is 0 Å². The molecule has 2 fully saturated rings. The first-order valence-corrected chi connectivity index (χ1v) is 9.16. The van der Waals surface area contributed by atoms with Crippen molar-refractivity contribution >= 4 is 11.8 Å². The number of rotatable bonds is 2. The molecule has 0 spiro atoms. The van der Waals surface area contributed by atoms with E-state index in [9.17, 15) is 9.59 Å². The fourth-order valence-corrected chi connectivity index (χ4v) is 3.72. The van der Waals surface area contributed by atoms with E-state index in [-0.39, 0.29) is 17.7 Å². The van der Waals surface area contributed by atoms with Crippen molar-refractivity contribution in [2.75, 3.05) is 46.3 Å². The molecule has 2 aliphatic heterocycles.